The van der Waals surface area contributed by atoms with Crippen LogP contribution in [-0.4, -0.2) is 62.5 Å². The lowest BCUT2D eigenvalue weighted by Gasteiger charge is -2.23. The summed E-state index contributed by atoms with van der Waals surface area (Å²) in [5.41, 5.74) is 0. The van der Waals surface area contributed by atoms with E-state index in [1.165, 1.54) is 4.31 Å². The van der Waals surface area contributed by atoms with Gasteiger partial charge in [0, 0.05) is 32.2 Å². The van der Waals surface area contributed by atoms with E-state index in [0.717, 1.165) is 0 Å². The normalized spacial score (nSPS) is 16.6. The number of sulfonamides is 1. The number of hydrogen-bond acceptors (Lipinski definition) is 4. The van der Waals surface area contributed by atoms with Crippen molar-refractivity contribution in [2.24, 2.45) is 0 Å². The minimum Gasteiger partial charge on any atom is -0.494 e. The van der Waals surface area contributed by atoms with E-state index in [4.69, 9.17) is 4.74 Å². The lowest BCUT2D eigenvalue weighted by Crippen LogP contribution is -2.44. The molecule has 0 unspecified atom stereocenters. The highest BCUT2D eigenvalue weighted by atomic mass is 32.2. The topological polar surface area (TPSA) is 79.0 Å². The number of hydrogen-bond donors (Lipinski definition) is 1. The van der Waals surface area contributed by atoms with Gasteiger partial charge in [0.25, 0.3) is 0 Å². The van der Waals surface area contributed by atoms with Crippen molar-refractivity contribution in [1.82, 2.24) is 14.5 Å². The quantitative estimate of drug-likeness (QED) is 0.860. The molecule has 7 nitrogen and oxygen atoms in total. The molecule has 1 aliphatic rings. The minimum absolute atomic E-state index is 0.0550. The second-order valence-electron chi connectivity index (χ2n) is 6.25. The van der Waals surface area contributed by atoms with Gasteiger partial charge < -0.3 is 15.0 Å². The Morgan fingerprint density at radius 2 is 1.84 bits per heavy atom. The van der Waals surface area contributed by atoms with Crippen LogP contribution in [0.3, 0.4) is 0 Å². The summed E-state index contributed by atoms with van der Waals surface area (Å²) in [6.45, 7) is 7.84. The molecule has 2 rings (SSSR count). The van der Waals surface area contributed by atoms with Gasteiger partial charge in [-0.2, -0.15) is 4.31 Å². The molecule has 140 valence electrons. The Morgan fingerprint density at radius 1 is 1.16 bits per heavy atom. The summed E-state index contributed by atoms with van der Waals surface area (Å²) in [5, 5.41) is 2.85. The van der Waals surface area contributed by atoms with E-state index in [1.54, 1.807) is 29.2 Å². The Kier molecular flexibility index (Phi) is 6.66. The standard InChI is InChI=1S/C17H27N3O4S/c1-4-24-15-6-8-16(9-7-15)25(22,23)20-11-5-10-19(12-13-20)17(21)18-14(2)3/h6-9,14H,4-5,10-13H2,1-3H3,(H,18,21). The van der Waals surface area contributed by atoms with Crippen LogP contribution < -0.4 is 10.1 Å². The van der Waals surface area contributed by atoms with Crippen LogP contribution in [0.4, 0.5) is 4.79 Å². The molecular formula is C17H27N3O4S. The second-order valence-corrected chi connectivity index (χ2v) is 8.19. The molecular weight excluding hydrogens is 342 g/mol. The van der Waals surface area contributed by atoms with E-state index in [-0.39, 0.29) is 17.0 Å². The zero-order valence-corrected chi connectivity index (χ0v) is 15.9. The molecule has 1 aromatic rings. The van der Waals surface area contributed by atoms with Crippen LogP contribution in [0.5, 0.6) is 5.75 Å². The third-order valence-electron chi connectivity index (χ3n) is 3.93. The SMILES string of the molecule is CCOc1ccc(S(=O)(=O)N2CCCN(C(=O)NC(C)C)CC2)cc1. The zero-order chi connectivity index (χ0) is 18.4. The summed E-state index contributed by atoms with van der Waals surface area (Å²) in [5.74, 6) is 0.647. The fraction of sp³-hybridized carbons (Fsp3) is 0.588. The first kappa shape index (κ1) is 19.5. The fourth-order valence-electron chi connectivity index (χ4n) is 2.70. The van der Waals surface area contributed by atoms with Crippen molar-refractivity contribution in [3.05, 3.63) is 24.3 Å². The van der Waals surface area contributed by atoms with Gasteiger partial charge in [-0.25, -0.2) is 13.2 Å². The number of rotatable bonds is 5. The van der Waals surface area contributed by atoms with Crippen molar-refractivity contribution in [2.75, 3.05) is 32.8 Å². The molecule has 1 N–H and O–H groups in total. The first-order chi connectivity index (χ1) is 11.8. The first-order valence-corrected chi connectivity index (χ1v) is 10.1. The summed E-state index contributed by atoms with van der Waals surface area (Å²) in [4.78, 5) is 14.0. The Morgan fingerprint density at radius 3 is 2.44 bits per heavy atom. The van der Waals surface area contributed by atoms with Crippen LogP contribution in [0, 0.1) is 0 Å². The number of nitrogens with zero attached hydrogens (tertiary/aromatic N) is 2. The summed E-state index contributed by atoms with van der Waals surface area (Å²) < 4.78 is 32.5. The Hall–Kier alpha value is -1.80. The fourth-order valence-corrected chi connectivity index (χ4v) is 4.17. The summed E-state index contributed by atoms with van der Waals surface area (Å²) in [6.07, 6.45) is 0.613. The number of carbonyl (C=O) groups is 1. The van der Waals surface area contributed by atoms with E-state index < -0.39 is 10.0 Å². The molecule has 0 atom stereocenters. The molecule has 1 saturated heterocycles. The minimum atomic E-state index is -3.57. The largest absolute Gasteiger partial charge is 0.494 e. The molecule has 1 heterocycles. The third-order valence-corrected chi connectivity index (χ3v) is 5.84. The maximum atomic E-state index is 12.8. The molecule has 1 fully saturated rings. The summed E-state index contributed by atoms with van der Waals surface area (Å²) in [6, 6.07) is 6.37. The van der Waals surface area contributed by atoms with Crippen LogP contribution in [0.25, 0.3) is 0 Å². The highest BCUT2D eigenvalue weighted by Crippen LogP contribution is 2.21. The smallest absolute Gasteiger partial charge is 0.317 e. The van der Waals surface area contributed by atoms with Crippen LogP contribution in [0.15, 0.2) is 29.2 Å². The van der Waals surface area contributed by atoms with Gasteiger partial charge in [0.05, 0.1) is 11.5 Å². The van der Waals surface area contributed by atoms with Crippen LogP contribution >= 0.6 is 0 Å². The molecule has 1 aromatic carbocycles. The van der Waals surface area contributed by atoms with E-state index in [0.29, 0.717) is 45.0 Å². The highest BCUT2D eigenvalue weighted by molar-refractivity contribution is 7.89. The van der Waals surface area contributed by atoms with E-state index >= 15 is 0 Å². The van der Waals surface area contributed by atoms with Gasteiger partial charge >= 0.3 is 6.03 Å². The van der Waals surface area contributed by atoms with Gasteiger partial charge in [-0.05, 0) is 51.5 Å². The molecule has 0 spiro atoms. The molecule has 0 radical (unpaired) electrons. The average Bonchev–Trinajstić information content (AvgIpc) is 2.81. The predicted molar refractivity (Wildman–Crippen MR) is 96.2 cm³/mol. The zero-order valence-electron chi connectivity index (χ0n) is 15.1. The Balaban J connectivity index is 2.06. The number of carbonyl (C=O) groups excluding carboxylic acids is 1. The van der Waals surface area contributed by atoms with Crippen LogP contribution in [-0.2, 0) is 10.0 Å². The summed E-state index contributed by atoms with van der Waals surface area (Å²) >= 11 is 0. The van der Waals surface area contributed by atoms with E-state index in [9.17, 15) is 13.2 Å². The molecule has 2 amide bonds. The highest BCUT2D eigenvalue weighted by Gasteiger charge is 2.28. The van der Waals surface area contributed by atoms with Crippen LogP contribution in [0.1, 0.15) is 27.2 Å². The monoisotopic (exact) mass is 369 g/mol. The van der Waals surface area contributed by atoms with Crippen molar-refractivity contribution >= 4 is 16.1 Å². The number of urea groups is 1. The number of ether oxygens (including phenoxy) is 1. The number of amides is 2. The molecule has 25 heavy (non-hydrogen) atoms. The predicted octanol–water partition coefficient (Wildman–Crippen LogP) is 1.90. The summed E-state index contributed by atoms with van der Waals surface area (Å²) in [7, 11) is -3.57. The third kappa shape index (κ3) is 5.09. The molecule has 8 heteroatoms. The average molecular weight is 369 g/mol. The first-order valence-electron chi connectivity index (χ1n) is 8.63. The Labute approximate surface area is 150 Å². The van der Waals surface area contributed by atoms with E-state index in [1.807, 2.05) is 20.8 Å². The molecule has 1 aliphatic heterocycles. The molecule has 0 aliphatic carbocycles. The van der Waals surface area contributed by atoms with E-state index in [2.05, 4.69) is 5.32 Å². The lowest BCUT2D eigenvalue weighted by molar-refractivity contribution is 0.198. The van der Waals surface area contributed by atoms with Gasteiger partial charge in [-0.1, -0.05) is 0 Å². The number of nitrogens with one attached hydrogen (secondary N) is 1. The van der Waals surface area contributed by atoms with Crippen molar-refractivity contribution in [3.63, 3.8) is 0 Å². The maximum Gasteiger partial charge on any atom is 0.317 e. The van der Waals surface area contributed by atoms with Gasteiger partial charge in [-0.15, -0.1) is 0 Å². The van der Waals surface area contributed by atoms with Crippen LogP contribution in [0.2, 0.25) is 0 Å². The van der Waals surface area contributed by atoms with Crippen molar-refractivity contribution in [3.8, 4) is 5.75 Å². The van der Waals surface area contributed by atoms with Crippen molar-refractivity contribution < 1.29 is 17.9 Å². The Bertz CT molecular complexity index is 674. The second kappa shape index (κ2) is 8.53. The number of benzene rings is 1. The van der Waals surface area contributed by atoms with Gasteiger partial charge in [-0.3, -0.25) is 0 Å². The van der Waals surface area contributed by atoms with Gasteiger partial charge in [0.1, 0.15) is 5.75 Å². The molecule has 0 saturated carbocycles. The maximum absolute atomic E-state index is 12.8. The van der Waals surface area contributed by atoms with Gasteiger partial charge in [0.15, 0.2) is 0 Å². The molecule has 0 bridgehead atoms. The van der Waals surface area contributed by atoms with Crippen molar-refractivity contribution in [1.29, 1.82) is 0 Å². The van der Waals surface area contributed by atoms with Gasteiger partial charge in [0.2, 0.25) is 10.0 Å². The van der Waals surface area contributed by atoms with Crippen molar-refractivity contribution in [2.45, 2.75) is 38.1 Å². The lowest BCUT2D eigenvalue weighted by atomic mass is 10.3. The molecule has 0 aromatic heterocycles.